The van der Waals surface area contributed by atoms with Crippen LogP contribution in [0.5, 0.6) is 0 Å². The van der Waals surface area contributed by atoms with Gasteiger partial charge in [0.25, 0.3) is 0 Å². The third kappa shape index (κ3) is 0.970. The molecule has 2 rings (SSSR count). The lowest BCUT2D eigenvalue weighted by molar-refractivity contribution is 0.227. The maximum Gasteiger partial charge on any atom is 0.0310 e. The minimum Gasteiger partial charge on any atom is -0.309 e. The molecular formula is C7H14N2. The largest absolute Gasteiger partial charge is 0.309 e. The van der Waals surface area contributed by atoms with Crippen LogP contribution in [-0.4, -0.2) is 37.1 Å². The predicted octanol–water partition coefficient (Wildman–Crippen LogP) is 0.0540. The summed E-state index contributed by atoms with van der Waals surface area (Å²) in [5.74, 6) is 0. The highest BCUT2D eigenvalue weighted by molar-refractivity contribution is 5.05. The third-order valence-corrected chi connectivity index (χ3v) is 2.42. The van der Waals surface area contributed by atoms with Crippen molar-refractivity contribution in [2.45, 2.75) is 18.4 Å². The maximum absolute atomic E-state index is 3.56. The lowest BCUT2D eigenvalue weighted by Crippen LogP contribution is -2.50. The van der Waals surface area contributed by atoms with Gasteiger partial charge in [0.1, 0.15) is 0 Å². The molecule has 0 amide bonds. The van der Waals surface area contributed by atoms with E-state index in [0.717, 1.165) is 0 Å². The van der Waals surface area contributed by atoms with Gasteiger partial charge in [0.05, 0.1) is 0 Å². The zero-order chi connectivity index (χ0) is 6.32. The van der Waals surface area contributed by atoms with Gasteiger partial charge in [0.15, 0.2) is 0 Å². The summed E-state index contributed by atoms with van der Waals surface area (Å²) in [6.07, 6.45) is 2.80. The van der Waals surface area contributed by atoms with Gasteiger partial charge in [-0.2, -0.15) is 0 Å². The van der Waals surface area contributed by atoms with Gasteiger partial charge in [-0.05, 0) is 19.9 Å². The van der Waals surface area contributed by atoms with E-state index in [1.54, 1.807) is 0 Å². The fourth-order valence-corrected chi connectivity index (χ4v) is 1.65. The number of piperazine rings is 1. The van der Waals surface area contributed by atoms with Gasteiger partial charge in [-0.1, -0.05) is 0 Å². The molecule has 0 unspecified atom stereocenters. The molecule has 0 aromatic carbocycles. The molecule has 0 bridgehead atoms. The summed E-state index contributed by atoms with van der Waals surface area (Å²) in [7, 11) is 2.21. The molecule has 2 heteroatoms. The first-order valence-corrected chi connectivity index (χ1v) is 3.74. The second-order valence-corrected chi connectivity index (χ2v) is 3.44. The van der Waals surface area contributed by atoms with Crippen LogP contribution in [0.1, 0.15) is 12.8 Å². The summed E-state index contributed by atoms with van der Waals surface area (Å²) in [6.45, 7) is 3.69. The lowest BCUT2D eigenvalue weighted by Gasteiger charge is -2.30. The van der Waals surface area contributed by atoms with Gasteiger partial charge in [-0.3, -0.25) is 0 Å². The van der Waals surface area contributed by atoms with E-state index in [9.17, 15) is 0 Å². The molecule has 1 aliphatic carbocycles. The third-order valence-electron chi connectivity index (χ3n) is 2.42. The van der Waals surface area contributed by atoms with E-state index in [1.807, 2.05) is 0 Å². The Morgan fingerprint density at radius 1 is 1.44 bits per heavy atom. The summed E-state index contributed by atoms with van der Waals surface area (Å²) < 4.78 is 0. The van der Waals surface area contributed by atoms with E-state index in [2.05, 4.69) is 17.3 Å². The van der Waals surface area contributed by atoms with Crippen LogP contribution < -0.4 is 5.32 Å². The average molecular weight is 126 g/mol. The van der Waals surface area contributed by atoms with Gasteiger partial charge >= 0.3 is 0 Å². The molecule has 1 saturated carbocycles. The molecule has 0 aromatic heterocycles. The molecule has 0 atom stereocenters. The van der Waals surface area contributed by atoms with Crippen molar-refractivity contribution in [2.24, 2.45) is 0 Å². The van der Waals surface area contributed by atoms with Crippen molar-refractivity contribution in [3.8, 4) is 0 Å². The van der Waals surface area contributed by atoms with Gasteiger partial charge in [-0.25, -0.2) is 0 Å². The van der Waals surface area contributed by atoms with Gasteiger partial charge < -0.3 is 10.2 Å². The smallest absolute Gasteiger partial charge is 0.0310 e. The predicted molar refractivity (Wildman–Crippen MR) is 37.5 cm³/mol. The molecular weight excluding hydrogens is 112 g/mol. The van der Waals surface area contributed by atoms with Crippen LogP contribution in [0.25, 0.3) is 0 Å². The van der Waals surface area contributed by atoms with Crippen molar-refractivity contribution in [1.29, 1.82) is 0 Å². The number of likely N-dealkylation sites (N-methyl/N-ethyl adjacent to an activating group) is 1. The molecule has 2 aliphatic rings. The van der Waals surface area contributed by atoms with Crippen molar-refractivity contribution < 1.29 is 0 Å². The van der Waals surface area contributed by atoms with E-state index in [0.29, 0.717) is 5.54 Å². The molecule has 1 aliphatic heterocycles. The zero-order valence-corrected chi connectivity index (χ0v) is 5.98. The van der Waals surface area contributed by atoms with E-state index >= 15 is 0 Å². The standard InChI is InChI=1S/C7H14N2/c1-9-5-4-8-7(6-9)2-3-7/h8H,2-6H2,1H3. The van der Waals surface area contributed by atoms with Gasteiger partial charge in [0, 0.05) is 25.2 Å². The highest BCUT2D eigenvalue weighted by atomic mass is 15.2. The number of hydrogen-bond acceptors (Lipinski definition) is 2. The highest BCUT2D eigenvalue weighted by Crippen LogP contribution is 2.36. The van der Waals surface area contributed by atoms with E-state index < -0.39 is 0 Å². The Morgan fingerprint density at radius 3 is 2.67 bits per heavy atom. The molecule has 2 fully saturated rings. The summed E-state index contributed by atoms with van der Waals surface area (Å²) in [6, 6.07) is 0. The SMILES string of the molecule is CN1CCNC2(CC2)C1. The van der Waals surface area contributed by atoms with Crippen molar-refractivity contribution in [3.05, 3.63) is 0 Å². The molecule has 1 spiro atoms. The fourth-order valence-electron chi connectivity index (χ4n) is 1.65. The van der Waals surface area contributed by atoms with Crippen molar-refractivity contribution in [2.75, 3.05) is 26.7 Å². The van der Waals surface area contributed by atoms with Gasteiger partial charge in [-0.15, -0.1) is 0 Å². The first-order valence-electron chi connectivity index (χ1n) is 3.74. The Labute approximate surface area is 56.2 Å². The summed E-state index contributed by atoms with van der Waals surface area (Å²) >= 11 is 0. The minimum atomic E-state index is 0.576. The number of rotatable bonds is 0. The summed E-state index contributed by atoms with van der Waals surface area (Å²) in [5, 5.41) is 3.56. The Balaban J connectivity index is 1.96. The first-order chi connectivity index (χ1) is 4.31. The molecule has 1 saturated heterocycles. The molecule has 0 aromatic rings. The van der Waals surface area contributed by atoms with Crippen LogP contribution in [-0.2, 0) is 0 Å². The second kappa shape index (κ2) is 1.70. The Kier molecular flexibility index (Phi) is 1.08. The minimum absolute atomic E-state index is 0.576. The molecule has 0 radical (unpaired) electrons. The van der Waals surface area contributed by atoms with Crippen molar-refractivity contribution in [1.82, 2.24) is 10.2 Å². The van der Waals surface area contributed by atoms with Crippen LogP contribution in [0.3, 0.4) is 0 Å². The Bertz CT molecular complexity index is 118. The van der Waals surface area contributed by atoms with Crippen LogP contribution in [0.2, 0.25) is 0 Å². The topological polar surface area (TPSA) is 15.3 Å². The fraction of sp³-hybridized carbons (Fsp3) is 1.00. The molecule has 1 heterocycles. The van der Waals surface area contributed by atoms with Crippen LogP contribution in [0.15, 0.2) is 0 Å². The lowest BCUT2D eigenvalue weighted by atomic mass is 10.2. The number of hydrogen-bond donors (Lipinski definition) is 1. The van der Waals surface area contributed by atoms with Crippen LogP contribution in [0, 0.1) is 0 Å². The Hall–Kier alpha value is -0.0800. The average Bonchev–Trinajstić information content (AvgIpc) is 2.49. The monoisotopic (exact) mass is 126 g/mol. The second-order valence-electron chi connectivity index (χ2n) is 3.44. The number of nitrogens with one attached hydrogen (secondary N) is 1. The summed E-state index contributed by atoms with van der Waals surface area (Å²) in [4.78, 5) is 2.42. The van der Waals surface area contributed by atoms with E-state index in [-0.39, 0.29) is 0 Å². The highest BCUT2D eigenvalue weighted by Gasteiger charge is 2.44. The maximum atomic E-state index is 3.56. The molecule has 52 valence electrons. The summed E-state index contributed by atoms with van der Waals surface area (Å²) in [5.41, 5.74) is 0.576. The van der Waals surface area contributed by atoms with Crippen molar-refractivity contribution in [3.63, 3.8) is 0 Å². The van der Waals surface area contributed by atoms with E-state index in [4.69, 9.17) is 0 Å². The zero-order valence-electron chi connectivity index (χ0n) is 5.98. The Morgan fingerprint density at radius 2 is 2.22 bits per heavy atom. The normalized spacial score (nSPS) is 33.0. The van der Waals surface area contributed by atoms with E-state index in [1.165, 1.54) is 32.5 Å². The van der Waals surface area contributed by atoms with Crippen LogP contribution in [0.4, 0.5) is 0 Å². The van der Waals surface area contributed by atoms with Crippen LogP contribution >= 0.6 is 0 Å². The molecule has 9 heavy (non-hydrogen) atoms. The molecule has 1 N–H and O–H groups in total. The van der Waals surface area contributed by atoms with Crippen molar-refractivity contribution >= 4 is 0 Å². The first kappa shape index (κ1) is 5.69. The number of nitrogens with zero attached hydrogens (tertiary/aromatic N) is 1. The van der Waals surface area contributed by atoms with Gasteiger partial charge in [0.2, 0.25) is 0 Å². The quantitative estimate of drug-likeness (QED) is 0.493. The molecule has 2 nitrogen and oxygen atoms in total.